The normalized spacial score (nSPS) is 16.1. The van der Waals surface area contributed by atoms with E-state index in [1.807, 2.05) is 0 Å². The molecule has 0 spiro atoms. The predicted molar refractivity (Wildman–Crippen MR) is 73.0 cm³/mol. The summed E-state index contributed by atoms with van der Waals surface area (Å²) < 4.78 is 0. The minimum Gasteiger partial charge on any atom is -0.326 e. The van der Waals surface area contributed by atoms with Gasteiger partial charge in [0.25, 0.3) is 5.69 Å². The highest BCUT2D eigenvalue weighted by atomic mass is 16.6. The molecule has 0 unspecified atom stereocenters. The lowest BCUT2D eigenvalue weighted by Crippen LogP contribution is -2.25. The van der Waals surface area contributed by atoms with Gasteiger partial charge in [0.05, 0.1) is 4.92 Å². The Morgan fingerprint density at radius 2 is 2.00 bits per heavy atom. The number of aryl methyl sites for hydroxylation is 1. The Kier molecular flexibility index (Phi) is 4.14. The molecule has 5 nitrogen and oxygen atoms in total. The van der Waals surface area contributed by atoms with Crippen molar-refractivity contribution in [3.8, 4) is 0 Å². The Balaban J connectivity index is 2.06. The van der Waals surface area contributed by atoms with Crippen LogP contribution in [0.4, 0.5) is 11.4 Å². The second-order valence-corrected chi connectivity index (χ2v) is 5.08. The molecule has 1 amide bonds. The maximum atomic E-state index is 12.1. The van der Waals surface area contributed by atoms with Gasteiger partial charge in [-0.25, -0.2) is 0 Å². The highest BCUT2D eigenvalue weighted by molar-refractivity contribution is 5.93. The molecule has 1 fully saturated rings. The van der Waals surface area contributed by atoms with E-state index in [4.69, 9.17) is 0 Å². The van der Waals surface area contributed by atoms with Crippen LogP contribution in [0.5, 0.6) is 0 Å². The summed E-state index contributed by atoms with van der Waals surface area (Å²) in [5, 5.41) is 13.5. The number of anilines is 1. The van der Waals surface area contributed by atoms with E-state index in [0.717, 1.165) is 31.2 Å². The molecular formula is C14H18N2O3. The average Bonchev–Trinajstić information content (AvgIpc) is 2.41. The second kappa shape index (κ2) is 5.82. The van der Waals surface area contributed by atoms with Crippen LogP contribution >= 0.6 is 0 Å². The van der Waals surface area contributed by atoms with Crippen molar-refractivity contribution < 1.29 is 9.72 Å². The number of nitro groups is 1. The van der Waals surface area contributed by atoms with E-state index in [1.165, 1.54) is 18.6 Å². The van der Waals surface area contributed by atoms with Crippen molar-refractivity contribution >= 4 is 17.3 Å². The maximum Gasteiger partial charge on any atom is 0.269 e. The number of carbonyl (C=O) groups is 1. The highest BCUT2D eigenvalue weighted by Crippen LogP contribution is 2.26. The van der Waals surface area contributed by atoms with Crippen LogP contribution in [0, 0.1) is 23.0 Å². The third kappa shape index (κ3) is 3.30. The minimum absolute atomic E-state index is 0.0386. The van der Waals surface area contributed by atoms with Gasteiger partial charge in [-0.1, -0.05) is 19.3 Å². The molecule has 2 rings (SSSR count). The molecule has 0 saturated heterocycles. The van der Waals surface area contributed by atoms with E-state index in [9.17, 15) is 14.9 Å². The number of benzene rings is 1. The molecule has 0 atom stereocenters. The van der Waals surface area contributed by atoms with Crippen molar-refractivity contribution in [1.29, 1.82) is 0 Å². The smallest absolute Gasteiger partial charge is 0.269 e. The Hall–Kier alpha value is -1.91. The Labute approximate surface area is 112 Å². The summed E-state index contributed by atoms with van der Waals surface area (Å²) in [6.45, 7) is 1.77. The fourth-order valence-electron chi connectivity index (χ4n) is 2.50. The van der Waals surface area contributed by atoms with Crippen LogP contribution < -0.4 is 5.32 Å². The third-order valence-electron chi connectivity index (χ3n) is 3.65. The fraction of sp³-hybridized carbons (Fsp3) is 0.500. The zero-order valence-corrected chi connectivity index (χ0v) is 11.0. The molecule has 5 heteroatoms. The first-order chi connectivity index (χ1) is 9.08. The van der Waals surface area contributed by atoms with Gasteiger partial charge in [0.15, 0.2) is 0 Å². The molecule has 1 aliphatic rings. The van der Waals surface area contributed by atoms with Gasteiger partial charge < -0.3 is 5.32 Å². The summed E-state index contributed by atoms with van der Waals surface area (Å²) in [6.07, 6.45) is 5.31. The predicted octanol–water partition coefficient (Wildman–Crippen LogP) is 3.42. The van der Waals surface area contributed by atoms with Crippen LogP contribution in [0.3, 0.4) is 0 Å². The summed E-state index contributed by atoms with van der Waals surface area (Å²) in [6, 6.07) is 4.51. The lowest BCUT2D eigenvalue weighted by molar-refractivity contribution is -0.384. The van der Waals surface area contributed by atoms with Crippen LogP contribution in [0.2, 0.25) is 0 Å². The quantitative estimate of drug-likeness (QED) is 0.670. The van der Waals surface area contributed by atoms with Crippen LogP contribution in [0.1, 0.15) is 37.7 Å². The molecule has 1 aliphatic carbocycles. The summed E-state index contributed by atoms with van der Waals surface area (Å²) in [4.78, 5) is 22.3. The topological polar surface area (TPSA) is 72.2 Å². The number of hydrogen-bond acceptors (Lipinski definition) is 3. The number of nitrogens with zero attached hydrogens (tertiary/aromatic N) is 1. The molecule has 102 valence electrons. The highest BCUT2D eigenvalue weighted by Gasteiger charge is 2.21. The first-order valence-electron chi connectivity index (χ1n) is 6.64. The van der Waals surface area contributed by atoms with Gasteiger partial charge in [0.2, 0.25) is 5.91 Å². The van der Waals surface area contributed by atoms with Crippen molar-refractivity contribution in [2.24, 2.45) is 5.92 Å². The molecule has 0 radical (unpaired) electrons. The number of carbonyl (C=O) groups excluding carboxylic acids is 1. The number of nitro benzene ring substituents is 1. The van der Waals surface area contributed by atoms with Crippen molar-refractivity contribution in [2.45, 2.75) is 39.0 Å². The summed E-state index contributed by atoms with van der Waals surface area (Å²) in [5.74, 6) is 0.125. The molecule has 0 aromatic heterocycles. The van der Waals surface area contributed by atoms with Gasteiger partial charge >= 0.3 is 0 Å². The van der Waals surface area contributed by atoms with Crippen LogP contribution in [0.25, 0.3) is 0 Å². The maximum absolute atomic E-state index is 12.1. The van der Waals surface area contributed by atoms with Gasteiger partial charge in [-0.3, -0.25) is 14.9 Å². The molecule has 1 N–H and O–H groups in total. The van der Waals surface area contributed by atoms with E-state index in [-0.39, 0.29) is 17.5 Å². The van der Waals surface area contributed by atoms with Gasteiger partial charge in [-0.2, -0.15) is 0 Å². The largest absolute Gasteiger partial charge is 0.326 e. The van der Waals surface area contributed by atoms with Crippen LogP contribution in [0.15, 0.2) is 18.2 Å². The number of rotatable bonds is 3. The second-order valence-electron chi connectivity index (χ2n) is 5.08. The van der Waals surface area contributed by atoms with Gasteiger partial charge in [-0.15, -0.1) is 0 Å². The zero-order chi connectivity index (χ0) is 13.8. The molecule has 0 heterocycles. The number of hydrogen-bond donors (Lipinski definition) is 1. The van der Waals surface area contributed by atoms with E-state index in [2.05, 4.69) is 5.32 Å². The van der Waals surface area contributed by atoms with E-state index < -0.39 is 4.92 Å². The molecule has 1 aromatic carbocycles. The molecular weight excluding hydrogens is 244 g/mol. The number of nitrogens with one attached hydrogen (secondary N) is 1. The van der Waals surface area contributed by atoms with Gasteiger partial charge in [0, 0.05) is 23.7 Å². The minimum atomic E-state index is -0.431. The summed E-state index contributed by atoms with van der Waals surface area (Å²) in [7, 11) is 0. The van der Waals surface area contributed by atoms with E-state index in [0.29, 0.717) is 5.69 Å². The Morgan fingerprint density at radius 1 is 1.32 bits per heavy atom. The Morgan fingerprint density at radius 3 is 2.58 bits per heavy atom. The zero-order valence-electron chi connectivity index (χ0n) is 11.0. The average molecular weight is 262 g/mol. The monoisotopic (exact) mass is 262 g/mol. The van der Waals surface area contributed by atoms with E-state index in [1.54, 1.807) is 13.0 Å². The van der Waals surface area contributed by atoms with Gasteiger partial charge in [0.1, 0.15) is 0 Å². The first-order valence-corrected chi connectivity index (χ1v) is 6.64. The van der Waals surface area contributed by atoms with Crippen molar-refractivity contribution in [3.63, 3.8) is 0 Å². The third-order valence-corrected chi connectivity index (χ3v) is 3.65. The fourth-order valence-corrected chi connectivity index (χ4v) is 2.50. The SMILES string of the molecule is Cc1cc([N+](=O)[O-])ccc1NC(=O)C1CCCCC1. The van der Waals surface area contributed by atoms with Crippen molar-refractivity contribution in [3.05, 3.63) is 33.9 Å². The molecule has 0 bridgehead atoms. The molecule has 1 aromatic rings. The Bertz CT molecular complexity index is 493. The van der Waals surface area contributed by atoms with Crippen molar-refractivity contribution in [1.82, 2.24) is 0 Å². The molecule has 19 heavy (non-hydrogen) atoms. The van der Waals surface area contributed by atoms with Crippen molar-refractivity contribution in [2.75, 3.05) is 5.32 Å². The number of non-ortho nitro benzene ring substituents is 1. The van der Waals surface area contributed by atoms with Crippen LogP contribution in [-0.4, -0.2) is 10.8 Å². The standard InChI is InChI=1S/C14H18N2O3/c1-10-9-12(16(18)19)7-8-13(10)15-14(17)11-5-3-2-4-6-11/h7-9,11H,2-6H2,1H3,(H,15,17). The van der Waals surface area contributed by atoms with Crippen LogP contribution in [-0.2, 0) is 4.79 Å². The number of amides is 1. The molecule has 0 aliphatic heterocycles. The lowest BCUT2D eigenvalue weighted by atomic mass is 9.88. The first kappa shape index (κ1) is 13.5. The van der Waals surface area contributed by atoms with E-state index >= 15 is 0 Å². The van der Waals surface area contributed by atoms with Gasteiger partial charge in [-0.05, 0) is 31.4 Å². The lowest BCUT2D eigenvalue weighted by Gasteiger charge is -2.21. The summed E-state index contributed by atoms with van der Waals surface area (Å²) >= 11 is 0. The summed E-state index contributed by atoms with van der Waals surface area (Å²) in [5.41, 5.74) is 1.44. The molecule has 1 saturated carbocycles.